The van der Waals surface area contributed by atoms with Crippen molar-refractivity contribution in [1.82, 2.24) is 0 Å². The highest BCUT2D eigenvalue weighted by atomic mass is 16.5. The van der Waals surface area contributed by atoms with Crippen LogP contribution < -0.4 is 19.9 Å². The molecule has 1 aliphatic carbocycles. The zero-order chi connectivity index (χ0) is 15.4. The van der Waals surface area contributed by atoms with Gasteiger partial charge in [-0.05, 0) is 24.7 Å². The van der Waals surface area contributed by atoms with E-state index in [0.29, 0.717) is 5.92 Å². The number of methoxy groups -OCH3 is 3. The van der Waals surface area contributed by atoms with E-state index in [1.807, 2.05) is 12.1 Å². The summed E-state index contributed by atoms with van der Waals surface area (Å²) >= 11 is 0. The summed E-state index contributed by atoms with van der Waals surface area (Å²) in [4.78, 5) is 0. The summed E-state index contributed by atoms with van der Waals surface area (Å²) in [7, 11) is 4.96. The Morgan fingerprint density at radius 2 is 1.48 bits per heavy atom. The molecule has 2 rings (SSSR count). The van der Waals surface area contributed by atoms with E-state index < -0.39 is 0 Å². The second-order valence-corrected chi connectivity index (χ2v) is 5.99. The van der Waals surface area contributed by atoms with Gasteiger partial charge >= 0.3 is 0 Å². The molecule has 1 unspecified atom stereocenters. The smallest absolute Gasteiger partial charge is 0.131 e. The molecule has 2 N–H and O–H groups in total. The van der Waals surface area contributed by atoms with Gasteiger partial charge in [0.1, 0.15) is 17.2 Å². The first kappa shape index (κ1) is 16.0. The average molecular weight is 293 g/mol. The van der Waals surface area contributed by atoms with E-state index in [1.165, 1.54) is 25.7 Å². The summed E-state index contributed by atoms with van der Waals surface area (Å²) in [5.74, 6) is 3.51. The molecule has 0 heterocycles. The highest BCUT2D eigenvalue weighted by Gasteiger charge is 2.29. The van der Waals surface area contributed by atoms with Gasteiger partial charge in [-0.3, -0.25) is 0 Å². The third kappa shape index (κ3) is 3.43. The van der Waals surface area contributed by atoms with Crippen LogP contribution in [0, 0.1) is 11.8 Å². The lowest BCUT2D eigenvalue weighted by Gasteiger charge is -2.32. The monoisotopic (exact) mass is 293 g/mol. The van der Waals surface area contributed by atoms with Gasteiger partial charge in [-0.1, -0.05) is 19.8 Å². The van der Waals surface area contributed by atoms with Crippen LogP contribution in [-0.2, 0) is 0 Å². The molecule has 118 valence electrons. The molecule has 0 saturated heterocycles. The van der Waals surface area contributed by atoms with Crippen molar-refractivity contribution < 1.29 is 14.2 Å². The summed E-state index contributed by atoms with van der Waals surface area (Å²) in [6.07, 6.45) is 4.83. The Morgan fingerprint density at radius 1 is 0.952 bits per heavy atom. The van der Waals surface area contributed by atoms with Crippen molar-refractivity contribution in [3.63, 3.8) is 0 Å². The molecule has 0 spiro atoms. The highest BCUT2D eigenvalue weighted by Crippen LogP contribution is 2.43. The molecule has 0 bridgehead atoms. The summed E-state index contributed by atoms with van der Waals surface area (Å²) in [6.45, 7) is 2.32. The Morgan fingerprint density at radius 3 is 1.90 bits per heavy atom. The molecule has 4 heteroatoms. The Bertz CT molecular complexity index is 442. The summed E-state index contributed by atoms with van der Waals surface area (Å²) in [5.41, 5.74) is 7.52. The van der Waals surface area contributed by atoms with Gasteiger partial charge in [-0.15, -0.1) is 0 Å². The third-order valence-electron chi connectivity index (χ3n) is 4.65. The van der Waals surface area contributed by atoms with Gasteiger partial charge in [0.2, 0.25) is 0 Å². The maximum absolute atomic E-state index is 6.56. The van der Waals surface area contributed by atoms with Gasteiger partial charge in [-0.25, -0.2) is 0 Å². The van der Waals surface area contributed by atoms with Crippen LogP contribution in [0.15, 0.2) is 12.1 Å². The number of hydrogen-bond acceptors (Lipinski definition) is 4. The first-order valence-corrected chi connectivity index (χ1v) is 7.66. The van der Waals surface area contributed by atoms with Crippen LogP contribution in [0.1, 0.15) is 44.2 Å². The average Bonchev–Trinajstić information content (AvgIpc) is 2.53. The molecular weight excluding hydrogens is 266 g/mol. The van der Waals surface area contributed by atoms with Crippen LogP contribution in [0.4, 0.5) is 0 Å². The van der Waals surface area contributed by atoms with E-state index in [0.717, 1.165) is 28.7 Å². The maximum Gasteiger partial charge on any atom is 0.131 e. The number of nitrogens with two attached hydrogens (primary N) is 1. The Labute approximate surface area is 127 Å². The second-order valence-electron chi connectivity index (χ2n) is 5.99. The van der Waals surface area contributed by atoms with E-state index in [9.17, 15) is 0 Å². The normalized spacial score (nSPS) is 23.5. The lowest BCUT2D eigenvalue weighted by Crippen LogP contribution is -2.26. The molecule has 1 saturated carbocycles. The zero-order valence-corrected chi connectivity index (χ0v) is 13.5. The van der Waals surface area contributed by atoms with Gasteiger partial charge in [0.25, 0.3) is 0 Å². The minimum atomic E-state index is -0.0618. The number of ether oxygens (including phenoxy) is 3. The fourth-order valence-electron chi connectivity index (χ4n) is 3.24. The van der Waals surface area contributed by atoms with E-state index in [1.54, 1.807) is 21.3 Å². The molecule has 0 amide bonds. The fraction of sp³-hybridized carbons (Fsp3) is 0.647. The summed E-state index contributed by atoms with van der Waals surface area (Å²) < 4.78 is 16.3. The Hall–Kier alpha value is -1.42. The Balaban J connectivity index is 2.32. The maximum atomic E-state index is 6.56. The van der Waals surface area contributed by atoms with Crippen molar-refractivity contribution in [2.24, 2.45) is 17.6 Å². The molecule has 21 heavy (non-hydrogen) atoms. The number of rotatable bonds is 5. The summed E-state index contributed by atoms with van der Waals surface area (Å²) in [6, 6.07) is 3.69. The van der Waals surface area contributed by atoms with Gasteiger partial charge in [-0.2, -0.15) is 0 Å². The van der Waals surface area contributed by atoms with E-state index in [-0.39, 0.29) is 6.04 Å². The van der Waals surface area contributed by atoms with Crippen LogP contribution in [-0.4, -0.2) is 21.3 Å². The number of benzene rings is 1. The fourth-order valence-corrected chi connectivity index (χ4v) is 3.24. The lowest BCUT2D eigenvalue weighted by atomic mass is 9.77. The van der Waals surface area contributed by atoms with E-state index >= 15 is 0 Å². The van der Waals surface area contributed by atoms with Crippen molar-refractivity contribution in [1.29, 1.82) is 0 Å². The van der Waals surface area contributed by atoms with Gasteiger partial charge in [0, 0.05) is 18.2 Å². The van der Waals surface area contributed by atoms with Crippen LogP contribution in [0.5, 0.6) is 17.2 Å². The molecule has 1 fully saturated rings. The van der Waals surface area contributed by atoms with Crippen LogP contribution in [0.3, 0.4) is 0 Å². The van der Waals surface area contributed by atoms with Gasteiger partial charge in [0.15, 0.2) is 0 Å². The molecule has 1 aromatic rings. The van der Waals surface area contributed by atoms with Crippen LogP contribution >= 0.6 is 0 Å². The molecule has 1 atom stereocenters. The topological polar surface area (TPSA) is 53.7 Å². The largest absolute Gasteiger partial charge is 0.496 e. The summed E-state index contributed by atoms with van der Waals surface area (Å²) in [5, 5.41) is 0. The molecule has 0 aromatic heterocycles. The highest BCUT2D eigenvalue weighted by molar-refractivity contribution is 5.52. The van der Waals surface area contributed by atoms with E-state index in [4.69, 9.17) is 19.9 Å². The van der Waals surface area contributed by atoms with Crippen molar-refractivity contribution >= 4 is 0 Å². The van der Waals surface area contributed by atoms with Crippen molar-refractivity contribution in [2.75, 3.05) is 21.3 Å². The van der Waals surface area contributed by atoms with Gasteiger partial charge < -0.3 is 19.9 Å². The molecule has 0 radical (unpaired) electrons. The SMILES string of the molecule is COc1cc(OC)c(C(N)C2CCC(C)CC2)c(OC)c1. The van der Waals surface area contributed by atoms with E-state index in [2.05, 4.69) is 6.92 Å². The quantitative estimate of drug-likeness (QED) is 0.902. The molecule has 1 aliphatic rings. The van der Waals surface area contributed by atoms with Crippen molar-refractivity contribution in [3.8, 4) is 17.2 Å². The number of hydrogen-bond donors (Lipinski definition) is 1. The standard InChI is InChI=1S/C17H27NO3/c1-11-5-7-12(8-6-11)17(18)16-14(20-3)9-13(19-2)10-15(16)21-4/h9-12,17H,5-8,18H2,1-4H3. The first-order chi connectivity index (χ1) is 10.1. The van der Waals surface area contributed by atoms with Crippen LogP contribution in [0.2, 0.25) is 0 Å². The van der Waals surface area contributed by atoms with Gasteiger partial charge in [0.05, 0.1) is 26.9 Å². The van der Waals surface area contributed by atoms with Crippen molar-refractivity contribution in [2.45, 2.75) is 38.6 Å². The van der Waals surface area contributed by atoms with Crippen LogP contribution in [0.25, 0.3) is 0 Å². The predicted octanol–water partition coefficient (Wildman–Crippen LogP) is 3.54. The first-order valence-electron chi connectivity index (χ1n) is 7.66. The third-order valence-corrected chi connectivity index (χ3v) is 4.65. The lowest BCUT2D eigenvalue weighted by molar-refractivity contribution is 0.248. The molecule has 1 aromatic carbocycles. The van der Waals surface area contributed by atoms with Crippen molar-refractivity contribution in [3.05, 3.63) is 17.7 Å². The minimum Gasteiger partial charge on any atom is -0.496 e. The Kier molecular flexibility index (Phi) is 5.34. The predicted molar refractivity (Wildman–Crippen MR) is 84.1 cm³/mol. The molecule has 4 nitrogen and oxygen atoms in total. The zero-order valence-electron chi connectivity index (χ0n) is 13.5. The molecule has 0 aliphatic heterocycles. The minimum absolute atomic E-state index is 0.0618. The second kappa shape index (κ2) is 7.03. The molecular formula is C17H27NO3.